The van der Waals surface area contributed by atoms with E-state index in [0.717, 1.165) is 54.8 Å². The third-order valence-corrected chi connectivity index (χ3v) is 6.38. The highest BCUT2D eigenvalue weighted by Crippen LogP contribution is 2.23. The molecule has 0 aliphatic rings. The zero-order chi connectivity index (χ0) is 25.3. The third-order valence-electron chi connectivity index (χ3n) is 6.38. The Morgan fingerprint density at radius 2 is 1.67 bits per heavy atom. The van der Waals surface area contributed by atoms with Crippen LogP contribution in [0.2, 0.25) is 0 Å². The summed E-state index contributed by atoms with van der Waals surface area (Å²) in [5.41, 5.74) is 5.07. The number of nitrogens with one attached hydrogen (secondary N) is 1. The number of fused-ring (bicyclic) bond motifs is 1. The predicted molar refractivity (Wildman–Crippen MR) is 144 cm³/mol. The smallest absolute Gasteiger partial charge is 0.255 e. The van der Waals surface area contributed by atoms with Crippen LogP contribution in [0.1, 0.15) is 46.6 Å². The summed E-state index contributed by atoms with van der Waals surface area (Å²) in [5, 5.41) is 3.01. The average Bonchev–Trinajstić information content (AvgIpc) is 3.25. The number of carbonyl (C=O) groups excluding carboxylic acids is 1. The molecule has 3 aromatic carbocycles. The Balaban J connectivity index is 1.31. The van der Waals surface area contributed by atoms with Gasteiger partial charge >= 0.3 is 0 Å². The number of unbranched alkanes of at least 4 members (excludes halogenated alkanes) is 1. The first kappa shape index (κ1) is 25.3. The maximum atomic E-state index is 12.6. The van der Waals surface area contributed by atoms with E-state index >= 15 is 0 Å². The van der Waals surface area contributed by atoms with Crippen molar-refractivity contribution in [3.05, 3.63) is 89.2 Å². The van der Waals surface area contributed by atoms with Gasteiger partial charge in [-0.15, -0.1) is 0 Å². The van der Waals surface area contributed by atoms with E-state index in [2.05, 4.69) is 60.1 Å². The lowest BCUT2D eigenvalue weighted by Gasteiger charge is -2.13. The van der Waals surface area contributed by atoms with Crippen molar-refractivity contribution in [1.82, 2.24) is 14.9 Å². The quantitative estimate of drug-likeness (QED) is 0.254. The fourth-order valence-electron chi connectivity index (χ4n) is 4.51. The van der Waals surface area contributed by atoms with Crippen molar-refractivity contribution in [2.45, 2.75) is 46.1 Å². The van der Waals surface area contributed by atoms with Crippen LogP contribution in [0.4, 0.5) is 0 Å². The first-order chi connectivity index (χ1) is 17.6. The fourth-order valence-corrected chi connectivity index (χ4v) is 4.51. The van der Waals surface area contributed by atoms with Crippen molar-refractivity contribution in [2.24, 2.45) is 0 Å². The molecule has 0 atom stereocenters. The second kappa shape index (κ2) is 12.2. The summed E-state index contributed by atoms with van der Waals surface area (Å²) >= 11 is 0. The van der Waals surface area contributed by atoms with Crippen molar-refractivity contribution >= 4 is 16.9 Å². The minimum Gasteiger partial charge on any atom is -0.496 e. The minimum absolute atomic E-state index is 0.121. The maximum Gasteiger partial charge on any atom is 0.255 e. The number of aryl methyl sites for hydroxylation is 4. The lowest BCUT2D eigenvalue weighted by atomic mass is 10.1. The molecule has 4 aromatic rings. The second-order valence-corrected chi connectivity index (χ2v) is 9.00. The highest BCUT2D eigenvalue weighted by Gasteiger charge is 2.13. The van der Waals surface area contributed by atoms with Gasteiger partial charge in [0.1, 0.15) is 17.3 Å². The van der Waals surface area contributed by atoms with Crippen molar-refractivity contribution in [3.63, 3.8) is 0 Å². The number of methoxy groups -OCH3 is 1. The zero-order valence-electron chi connectivity index (χ0n) is 21.4. The lowest BCUT2D eigenvalue weighted by molar-refractivity contribution is 0.0950. The van der Waals surface area contributed by atoms with Crippen LogP contribution < -0.4 is 14.8 Å². The van der Waals surface area contributed by atoms with E-state index in [1.807, 2.05) is 18.2 Å². The molecule has 0 radical (unpaired) electrons. The number of hydrogen-bond acceptors (Lipinski definition) is 4. The van der Waals surface area contributed by atoms with Crippen LogP contribution >= 0.6 is 0 Å². The van der Waals surface area contributed by atoms with Crippen molar-refractivity contribution in [3.8, 4) is 11.5 Å². The van der Waals surface area contributed by atoms with Crippen molar-refractivity contribution in [2.75, 3.05) is 20.3 Å². The summed E-state index contributed by atoms with van der Waals surface area (Å²) < 4.78 is 13.7. The molecule has 1 amide bonds. The molecular weight excluding hydrogens is 450 g/mol. The lowest BCUT2D eigenvalue weighted by Crippen LogP contribution is -2.25. The molecule has 1 aromatic heterocycles. The van der Waals surface area contributed by atoms with Gasteiger partial charge in [-0.2, -0.15) is 0 Å². The van der Waals surface area contributed by atoms with E-state index in [1.165, 1.54) is 11.1 Å². The van der Waals surface area contributed by atoms with E-state index in [0.29, 0.717) is 24.5 Å². The van der Waals surface area contributed by atoms with E-state index < -0.39 is 0 Å². The first-order valence-corrected chi connectivity index (χ1v) is 12.6. The Kier molecular flexibility index (Phi) is 8.61. The molecule has 0 fully saturated rings. The molecule has 0 unspecified atom stereocenters. The molecule has 1 heterocycles. The van der Waals surface area contributed by atoms with Crippen molar-refractivity contribution in [1.29, 1.82) is 0 Å². The first-order valence-electron chi connectivity index (χ1n) is 12.6. The van der Waals surface area contributed by atoms with Gasteiger partial charge in [0.25, 0.3) is 5.91 Å². The number of carbonyl (C=O) groups is 1. The number of benzene rings is 3. The van der Waals surface area contributed by atoms with Gasteiger partial charge in [0.05, 0.1) is 30.3 Å². The van der Waals surface area contributed by atoms with E-state index in [4.69, 9.17) is 14.5 Å². The predicted octanol–water partition coefficient (Wildman–Crippen LogP) is 5.88. The fraction of sp³-hybridized carbons (Fsp3) is 0.333. The topological polar surface area (TPSA) is 65.4 Å². The molecule has 0 aliphatic heterocycles. The average molecular weight is 486 g/mol. The highest BCUT2D eigenvalue weighted by molar-refractivity contribution is 5.96. The van der Waals surface area contributed by atoms with Gasteiger partial charge in [-0.25, -0.2) is 4.98 Å². The van der Waals surface area contributed by atoms with Gasteiger partial charge < -0.3 is 19.4 Å². The zero-order valence-corrected chi connectivity index (χ0v) is 21.4. The Bertz CT molecular complexity index is 1290. The molecule has 188 valence electrons. The molecule has 0 saturated heterocycles. The minimum atomic E-state index is -0.121. The SMILES string of the molecule is COc1ccccc1C(=O)NCCCc1nc2ccccc2n1CCCCOc1c(C)cccc1C. The van der Waals surface area contributed by atoms with Gasteiger partial charge in [-0.05, 0) is 68.5 Å². The van der Waals surface area contributed by atoms with E-state index in [9.17, 15) is 4.79 Å². The van der Waals surface area contributed by atoms with Gasteiger partial charge in [-0.1, -0.05) is 42.5 Å². The van der Waals surface area contributed by atoms with Gasteiger partial charge in [0.2, 0.25) is 0 Å². The Morgan fingerprint density at radius 1 is 0.917 bits per heavy atom. The molecule has 36 heavy (non-hydrogen) atoms. The van der Waals surface area contributed by atoms with Crippen LogP contribution in [0, 0.1) is 13.8 Å². The van der Waals surface area contributed by atoms with Gasteiger partial charge in [-0.3, -0.25) is 4.79 Å². The molecule has 0 aliphatic carbocycles. The van der Waals surface area contributed by atoms with Crippen LogP contribution in [-0.2, 0) is 13.0 Å². The second-order valence-electron chi connectivity index (χ2n) is 9.00. The summed E-state index contributed by atoms with van der Waals surface area (Å²) in [6.07, 6.45) is 3.57. The standard InChI is InChI=1S/C30H35N3O3/c1-22-12-10-13-23(2)29(22)36-21-9-8-20-33-26-16-6-5-15-25(26)32-28(33)18-11-19-31-30(34)24-14-4-7-17-27(24)35-3/h4-7,10,12-17H,8-9,11,18-21H2,1-3H3,(H,31,34). The summed E-state index contributed by atoms with van der Waals surface area (Å²) in [6.45, 7) is 6.34. The van der Waals surface area contributed by atoms with E-state index in [-0.39, 0.29) is 5.91 Å². The van der Waals surface area contributed by atoms with Crippen molar-refractivity contribution < 1.29 is 14.3 Å². The molecular formula is C30H35N3O3. The van der Waals surface area contributed by atoms with Gasteiger partial charge in [0, 0.05) is 19.5 Å². The summed E-state index contributed by atoms with van der Waals surface area (Å²) in [4.78, 5) is 17.5. The number of aromatic nitrogens is 2. The molecule has 4 rings (SSSR count). The number of hydrogen-bond donors (Lipinski definition) is 1. The summed E-state index contributed by atoms with van der Waals surface area (Å²) in [6, 6.07) is 21.8. The number of ether oxygens (including phenoxy) is 2. The Hall–Kier alpha value is -3.80. The number of amides is 1. The molecule has 6 nitrogen and oxygen atoms in total. The summed E-state index contributed by atoms with van der Waals surface area (Å²) in [7, 11) is 1.58. The Labute approximate surface area is 213 Å². The van der Waals surface area contributed by atoms with Crippen LogP contribution in [-0.4, -0.2) is 35.7 Å². The molecule has 6 heteroatoms. The number of para-hydroxylation sites is 4. The monoisotopic (exact) mass is 485 g/mol. The van der Waals surface area contributed by atoms with Crippen LogP contribution in [0.25, 0.3) is 11.0 Å². The summed E-state index contributed by atoms with van der Waals surface area (Å²) in [5.74, 6) is 2.52. The maximum absolute atomic E-state index is 12.6. The molecule has 0 saturated carbocycles. The molecule has 0 bridgehead atoms. The normalized spacial score (nSPS) is 11.0. The van der Waals surface area contributed by atoms with Gasteiger partial charge in [0.15, 0.2) is 0 Å². The third kappa shape index (κ3) is 6.06. The largest absolute Gasteiger partial charge is 0.496 e. The highest BCUT2D eigenvalue weighted by atomic mass is 16.5. The number of nitrogens with zero attached hydrogens (tertiary/aromatic N) is 2. The van der Waals surface area contributed by atoms with Crippen LogP contribution in [0.15, 0.2) is 66.7 Å². The number of imidazole rings is 1. The molecule has 1 N–H and O–H groups in total. The Morgan fingerprint density at radius 3 is 2.47 bits per heavy atom. The van der Waals surface area contributed by atoms with Crippen LogP contribution in [0.3, 0.4) is 0 Å². The number of rotatable bonds is 12. The molecule has 0 spiro atoms. The van der Waals surface area contributed by atoms with Crippen LogP contribution in [0.5, 0.6) is 11.5 Å². The van der Waals surface area contributed by atoms with E-state index in [1.54, 1.807) is 19.2 Å².